The second-order valence-corrected chi connectivity index (χ2v) is 6.21. The minimum Gasteiger partial charge on any atom is -0.490 e. The summed E-state index contributed by atoms with van der Waals surface area (Å²) < 4.78 is 5.08. The third kappa shape index (κ3) is 2.34. The third-order valence-electron chi connectivity index (χ3n) is 2.14. The molecule has 0 unspecified atom stereocenters. The van der Waals surface area contributed by atoms with Crippen LogP contribution in [0.15, 0.2) is 18.2 Å². The first kappa shape index (κ1) is 11.0. The average Bonchev–Trinajstić information content (AvgIpc) is 2.27. The molecule has 0 saturated carbocycles. The number of nitrogens with one attached hydrogen (secondary N) is 1. The molecule has 2 rings (SSSR count). The first-order valence-corrected chi connectivity index (χ1v) is 6.34. The van der Waals surface area contributed by atoms with Crippen LogP contribution >= 0.6 is 31.9 Å². The van der Waals surface area contributed by atoms with Gasteiger partial charge in [-0.05, 0) is 18.2 Å². The molecule has 15 heavy (non-hydrogen) atoms. The lowest BCUT2D eigenvalue weighted by atomic mass is 10.1. The molecule has 0 aromatic heterocycles. The van der Waals surface area contributed by atoms with E-state index >= 15 is 0 Å². The third-order valence-corrected chi connectivity index (χ3v) is 2.97. The quantitative estimate of drug-likeness (QED) is 0.667. The highest BCUT2D eigenvalue weighted by Crippen LogP contribution is 2.29. The summed E-state index contributed by atoms with van der Waals surface area (Å²) in [5.41, 5.74) is 1.54. The van der Waals surface area contributed by atoms with Gasteiger partial charge in [-0.2, -0.15) is 0 Å². The summed E-state index contributed by atoms with van der Waals surface area (Å²) >= 11 is 6.38. The highest BCUT2D eigenvalue weighted by molar-refractivity contribution is 9.25. The number of benzene rings is 1. The predicted octanol–water partition coefficient (Wildman–Crippen LogP) is 2.79. The predicted molar refractivity (Wildman–Crippen MR) is 66.4 cm³/mol. The number of hydrogen-bond donors (Lipinski definition) is 1. The molecule has 1 N–H and O–H groups in total. The standard InChI is InChI=1S/C10H9Br2NO2/c11-10(12)9(14)6-1-2-8-7(5-6)13-3-4-15-8/h1-2,5,10,13H,3-4H2. The van der Waals surface area contributed by atoms with E-state index < -0.39 is 0 Å². The highest BCUT2D eigenvalue weighted by atomic mass is 79.9. The summed E-state index contributed by atoms with van der Waals surface area (Å²) in [5, 5.41) is 3.19. The fourth-order valence-electron chi connectivity index (χ4n) is 1.42. The molecule has 5 heteroatoms. The zero-order valence-electron chi connectivity index (χ0n) is 7.80. The number of alkyl halides is 2. The zero-order valence-corrected chi connectivity index (χ0v) is 11.0. The molecule has 3 nitrogen and oxygen atoms in total. The van der Waals surface area contributed by atoms with Crippen LogP contribution < -0.4 is 10.1 Å². The Labute approximate surface area is 104 Å². The van der Waals surface area contributed by atoms with Crippen molar-refractivity contribution in [3.05, 3.63) is 23.8 Å². The van der Waals surface area contributed by atoms with Crippen LogP contribution in [0.3, 0.4) is 0 Å². The molecule has 0 atom stereocenters. The van der Waals surface area contributed by atoms with Crippen LogP contribution in [0, 0.1) is 0 Å². The monoisotopic (exact) mass is 333 g/mol. The largest absolute Gasteiger partial charge is 0.490 e. The number of fused-ring (bicyclic) bond motifs is 1. The van der Waals surface area contributed by atoms with E-state index in [1.807, 2.05) is 12.1 Å². The van der Waals surface area contributed by atoms with Gasteiger partial charge in [-0.15, -0.1) is 0 Å². The van der Waals surface area contributed by atoms with Crippen molar-refractivity contribution in [2.45, 2.75) is 3.74 Å². The number of ketones is 1. The molecular formula is C10H9Br2NO2. The molecule has 0 radical (unpaired) electrons. The Bertz CT molecular complexity index is 393. The Morgan fingerprint density at radius 3 is 3.00 bits per heavy atom. The van der Waals surface area contributed by atoms with E-state index in [4.69, 9.17) is 4.74 Å². The molecule has 0 aliphatic carbocycles. The van der Waals surface area contributed by atoms with Crippen molar-refractivity contribution in [3.63, 3.8) is 0 Å². The molecular weight excluding hydrogens is 326 g/mol. The molecule has 1 aromatic carbocycles. The number of anilines is 1. The lowest BCUT2D eigenvalue weighted by molar-refractivity contribution is 0.101. The maximum absolute atomic E-state index is 11.7. The van der Waals surface area contributed by atoms with Crippen LogP contribution in [0.1, 0.15) is 10.4 Å². The first-order valence-electron chi connectivity index (χ1n) is 4.51. The Morgan fingerprint density at radius 2 is 2.27 bits per heavy atom. The number of carbonyl (C=O) groups excluding carboxylic acids is 1. The van der Waals surface area contributed by atoms with Gasteiger partial charge in [0, 0.05) is 12.1 Å². The van der Waals surface area contributed by atoms with E-state index in [9.17, 15) is 4.79 Å². The first-order chi connectivity index (χ1) is 7.18. The van der Waals surface area contributed by atoms with Crippen LogP contribution in [0.5, 0.6) is 5.75 Å². The van der Waals surface area contributed by atoms with E-state index in [0.29, 0.717) is 12.2 Å². The SMILES string of the molecule is O=C(c1ccc2c(c1)NCCO2)C(Br)Br. The lowest BCUT2D eigenvalue weighted by Crippen LogP contribution is -2.18. The van der Waals surface area contributed by atoms with E-state index in [1.165, 1.54) is 0 Å². The van der Waals surface area contributed by atoms with Crippen molar-refractivity contribution in [1.82, 2.24) is 0 Å². The van der Waals surface area contributed by atoms with Gasteiger partial charge in [-0.3, -0.25) is 4.79 Å². The van der Waals surface area contributed by atoms with Gasteiger partial charge in [-0.1, -0.05) is 31.9 Å². The van der Waals surface area contributed by atoms with Crippen molar-refractivity contribution >= 4 is 43.3 Å². The van der Waals surface area contributed by atoms with Crippen molar-refractivity contribution in [2.24, 2.45) is 0 Å². The second-order valence-electron chi connectivity index (χ2n) is 3.15. The van der Waals surface area contributed by atoms with E-state index in [2.05, 4.69) is 37.2 Å². The van der Waals surface area contributed by atoms with E-state index in [-0.39, 0.29) is 9.52 Å². The van der Waals surface area contributed by atoms with Gasteiger partial charge in [0.2, 0.25) is 0 Å². The molecule has 0 spiro atoms. The zero-order chi connectivity index (χ0) is 10.8. The van der Waals surface area contributed by atoms with Crippen molar-refractivity contribution in [1.29, 1.82) is 0 Å². The maximum atomic E-state index is 11.7. The molecule has 1 aromatic rings. The fourth-order valence-corrected chi connectivity index (χ4v) is 1.95. The van der Waals surface area contributed by atoms with Crippen LogP contribution in [-0.4, -0.2) is 22.7 Å². The minimum atomic E-state index is -0.340. The van der Waals surface area contributed by atoms with Gasteiger partial charge >= 0.3 is 0 Å². The molecule has 80 valence electrons. The number of rotatable bonds is 2. The molecule has 0 bridgehead atoms. The smallest absolute Gasteiger partial charge is 0.187 e. The Hall–Kier alpha value is -0.550. The van der Waals surface area contributed by atoms with Crippen molar-refractivity contribution < 1.29 is 9.53 Å². The lowest BCUT2D eigenvalue weighted by Gasteiger charge is -2.19. The summed E-state index contributed by atoms with van der Waals surface area (Å²) in [5.74, 6) is 0.809. The summed E-state index contributed by atoms with van der Waals surface area (Å²) in [6.45, 7) is 1.44. The molecule has 1 heterocycles. The van der Waals surface area contributed by atoms with E-state index in [0.717, 1.165) is 18.0 Å². The molecule has 0 fully saturated rings. The number of ether oxygens (including phenoxy) is 1. The molecule has 0 saturated heterocycles. The topological polar surface area (TPSA) is 38.3 Å². The van der Waals surface area contributed by atoms with E-state index in [1.54, 1.807) is 6.07 Å². The Kier molecular flexibility index (Phi) is 3.31. The van der Waals surface area contributed by atoms with Gasteiger partial charge in [0.15, 0.2) is 5.78 Å². The number of halogens is 2. The summed E-state index contributed by atoms with van der Waals surface area (Å²) in [6, 6.07) is 5.40. The molecule has 1 aliphatic heterocycles. The van der Waals surface area contributed by atoms with Gasteiger partial charge in [0.1, 0.15) is 16.1 Å². The summed E-state index contributed by atoms with van der Waals surface area (Å²) in [7, 11) is 0. The van der Waals surface area contributed by atoms with Crippen molar-refractivity contribution in [3.8, 4) is 5.75 Å². The molecule has 0 amide bonds. The number of hydrogen-bond acceptors (Lipinski definition) is 3. The summed E-state index contributed by atoms with van der Waals surface area (Å²) in [6.07, 6.45) is 0. The van der Waals surface area contributed by atoms with Crippen LogP contribution in [0.2, 0.25) is 0 Å². The maximum Gasteiger partial charge on any atom is 0.187 e. The van der Waals surface area contributed by atoms with Gasteiger partial charge < -0.3 is 10.1 Å². The van der Waals surface area contributed by atoms with Crippen LogP contribution in [0.25, 0.3) is 0 Å². The van der Waals surface area contributed by atoms with Crippen LogP contribution in [-0.2, 0) is 0 Å². The van der Waals surface area contributed by atoms with Crippen LogP contribution in [0.4, 0.5) is 5.69 Å². The Morgan fingerprint density at radius 1 is 1.47 bits per heavy atom. The van der Waals surface area contributed by atoms with Gasteiger partial charge in [0.25, 0.3) is 0 Å². The second kappa shape index (κ2) is 4.53. The van der Waals surface area contributed by atoms with Gasteiger partial charge in [0.05, 0.1) is 5.69 Å². The van der Waals surface area contributed by atoms with Gasteiger partial charge in [-0.25, -0.2) is 0 Å². The number of Topliss-reactive ketones (excluding diaryl/α,β-unsaturated/α-hetero) is 1. The summed E-state index contributed by atoms with van der Waals surface area (Å²) in [4.78, 5) is 11.7. The fraction of sp³-hybridized carbons (Fsp3) is 0.300. The highest BCUT2D eigenvalue weighted by Gasteiger charge is 2.16. The molecule has 1 aliphatic rings. The number of carbonyl (C=O) groups is 1. The normalized spacial score (nSPS) is 14.1. The Balaban J connectivity index is 2.32. The minimum absolute atomic E-state index is 0.00479. The van der Waals surface area contributed by atoms with Crippen molar-refractivity contribution in [2.75, 3.05) is 18.5 Å². The average molecular weight is 335 g/mol.